The summed E-state index contributed by atoms with van der Waals surface area (Å²) in [6, 6.07) is 18.1. The van der Waals surface area contributed by atoms with E-state index in [0.717, 1.165) is 22.3 Å². The highest BCUT2D eigenvalue weighted by molar-refractivity contribution is 7.80. The molecule has 3 aromatic rings. The highest BCUT2D eigenvalue weighted by Gasteiger charge is 2.35. The summed E-state index contributed by atoms with van der Waals surface area (Å²) in [6.45, 7) is 7.64. The summed E-state index contributed by atoms with van der Waals surface area (Å²) in [5, 5.41) is 5.45. The first-order valence-electron chi connectivity index (χ1n) is 11.7. The molecule has 3 aromatic carbocycles. The first-order valence-corrected chi connectivity index (χ1v) is 12.1. The maximum Gasteiger partial charge on any atom is 0.270 e. The highest BCUT2D eigenvalue weighted by atomic mass is 32.1. The largest absolute Gasteiger partial charge is 0.484 e. The molecule has 7 nitrogen and oxygen atoms in total. The van der Waals surface area contributed by atoms with Crippen LogP contribution in [0.25, 0.3) is 6.08 Å². The number of amides is 3. The standard InChI is InChI=1S/C29H27N3O4S/c1-17-11-12-22(13-19(17)3)30-26(33)16-36-23-9-6-8-21(14-23)15-24-27(34)31-29(37)32(28(24)35)25-10-5-7-18(2)20(25)4/h5-15H,16H2,1-4H3,(H,30,33)(H,31,34,37)/b24-15+. The van der Waals surface area contributed by atoms with E-state index in [4.69, 9.17) is 17.0 Å². The first kappa shape index (κ1) is 25.8. The molecule has 1 fully saturated rings. The smallest absolute Gasteiger partial charge is 0.270 e. The molecular formula is C29H27N3O4S. The third-order valence-corrected chi connectivity index (χ3v) is 6.53. The van der Waals surface area contributed by atoms with E-state index in [0.29, 0.717) is 22.7 Å². The number of hydrogen-bond donors (Lipinski definition) is 2. The minimum absolute atomic E-state index is 0.0349. The normalized spacial score (nSPS) is 14.5. The van der Waals surface area contributed by atoms with Gasteiger partial charge in [-0.3, -0.25) is 24.6 Å². The van der Waals surface area contributed by atoms with Gasteiger partial charge in [-0.05, 0) is 104 Å². The number of carbonyl (C=O) groups excluding carboxylic acids is 3. The Morgan fingerprint density at radius 3 is 2.49 bits per heavy atom. The molecule has 0 bridgehead atoms. The topological polar surface area (TPSA) is 87.7 Å². The number of aryl methyl sites for hydroxylation is 3. The monoisotopic (exact) mass is 513 g/mol. The minimum Gasteiger partial charge on any atom is -0.484 e. The third kappa shape index (κ3) is 5.76. The average molecular weight is 514 g/mol. The maximum atomic E-state index is 13.4. The van der Waals surface area contributed by atoms with Crippen LogP contribution in [-0.4, -0.2) is 29.4 Å². The van der Waals surface area contributed by atoms with E-state index >= 15 is 0 Å². The predicted molar refractivity (Wildman–Crippen MR) is 149 cm³/mol. The van der Waals surface area contributed by atoms with Gasteiger partial charge in [0.2, 0.25) is 0 Å². The number of anilines is 2. The average Bonchev–Trinajstić information content (AvgIpc) is 2.85. The second-order valence-electron chi connectivity index (χ2n) is 8.89. The van der Waals surface area contributed by atoms with Gasteiger partial charge in [0.05, 0.1) is 5.69 Å². The first-order chi connectivity index (χ1) is 17.6. The van der Waals surface area contributed by atoms with E-state index in [-0.39, 0.29) is 23.2 Å². The van der Waals surface area contributed by atoms with Crippen molar-refractivity contribution in [2.75, 3.05) is 16.8 Å². The lowest BCUT2D eigenvalue weighted by atomic mass is 10.0. The van der Waals surface area contributed by atoms with Gasteiger partial charge in [-0.1, -0.05) is 30.3 Å². The van der Waals surface area contributed by atoms with Crippen molar-refractivity contribution in [1.82, 2.24) is 5.32 Å². The maximum absolute atomic E-state index is 13.4. The molecule has 0 radical (unpaired) electrons. The van der Waals surface area contributed by atoms with Gasteiger partial charge in [0.1, 0.15) is 11.3 Å². The van der Waals surface area contributed by atoms with Gasteiger partial charge in [-0.2, -0.15) is 0 Å². The molecule has 1 heterocycles. The number of ether oxygens (including phenoxy) is 1. The van der Waals surface area contributed by atoms with Crippen molar-refractivity contribution in [3.63, 3.8) is 0 Å². The van der Waals surface area contributed by atoms with Crippen molar-refractivity contribution in [2.24, 2.45) is 0 Å². The van der Waals surface area contributed by atoms with Crippen molar-refractivity contribution in [2.45, 2.75) is 27.7 Å². The zero-order valence-corrected chi connectivity index (χ0v) is 21.9. The molecule has 4 rings (SSSR count). The lowest BCUT2D eigenvalue weighted by molar-refractivity contribution is -0.122. The zero-order valence-electron chi connectivity index (χ0n) is 21.0. The molecule has 3 amide bonds. The molecule has 1 aliphatic rings. The van der Waals surface area contributed by atoms with E-state index in [1.54, 1.807) is 30.3 Å². The Labute approximate surface area is 221 Å². The Morgan fingerprint density at radius 1 is 0.973 bits per heavy atom. The summed E-state index contributed by atoms with van der Waals surface area (Å²) in [5.41, 5.74) is 5.95. The lowest BCUT2D eigenvalue weighted by Crippen LogP contribution is -2.54. The summed E-state index contributed by atoms with van der Waals surface area (Å²) < 4.78 is 5.66. The fraction of sp³-hybridized carbons (Fsp3) is 0.172. The van der Waals surface area contributed by atoms with Gasteiger partial charge < -0.3 is 10.1 Å². The third-order valence-electron chi connectivity index (χ3n) is 6.25. The fourth-order valence-electron chi connectivity index (χ4n) is 3.88. The number of benzene rings is 3. The number of rotatable bonds is 6. The van der Waals surface area contributed by atoms with Crippen molar-refractivity contribution >= 4 is 52.5 Å². The Morgan fingerprint density at radius 2 is 1.73 bits per heavy atom. The second kappa shape index (κ2) is 10.8. The Hall–Kier alpha value is -4.30. The molecule has 0 aliphatic carbocycles. The van der Waals surface area contributed by atoms with Crippen LogP contribution in [0, 0.1) is 27.7 Å². The molecule has 0 aromatic heterocycles. The highest BCUT2D eigenvalue weighted by Crippen LogP contribution is 2.27. The number of thiocarbonyl (C=S) groups is 1. The van der Waals surface area contributed by atoms with E-state index in [9.17, 15) is 14.4 Å². The van der Waals surface area contributed by atoms with Crippen LogP contribution in [0.15, 0.2) is 66.2 Å². The molecular weight excluding hydrogens is 486 g/mol. The second-order valence-corrected chi connectivity index (χ2v) is 9.27. The van der Waals surface area contributed by atoms with Gasteiger partial charge in [0.15, 0.2) is 11.7 Å². The Bertz CT molecular complexity index is 1460. The van der Waals surface area contributed by atoms with Gasteiger partial charge in [-0.15, -0.1) is 0 Å². The number of nitrogens with zero attached hydrogens (tertiary/aromatic N) is 1. The molecule has 1 saturated heterocycles. The van der Waals surface area contributed by atoms with E-state index in [2.05, 4.69) is 10.6 Å². The van der Waals surface area contributed by atoms with E-state index < -0.39 is 11.8 Å². The van der Waals surface area contributed by atoms with Crippen molar-refractivity contribution in [1.29, 1.82) is 0 Å². The van der Waals surface area contributed by atoms with E-state index in [1.807, 2.05) is 58.0 Å². The van der Waals surface area contributed by atoms with Crippen LogP contribution in [-0.2, 0) is 14.4 Å². The van der Waals surface area contributed by atoms with Gasteiger partial charge in [0, 0.05) is 5.69 Å². The van der Waals surface area contributed by atoms with Crippen LogP contribution in [0.4, 0.5) is 11.4 Å². The molecule has 188 valence electrons. The summed E-state index contributed by atoms with van der Waals surface area (Å²) in [7, 11) is 0. The van der Waals surface area contributed by atoms with Crippen molar-refractivity contribution in [3.8, 4) is 5.75 Å². The number of carbonyl (C=O) groups is 3. The molecule has 0 saturated carbocycles. The quantitative estimate of drug-likeness (QED) is 0.282. The summed E-state index contributed by atoms with van der Waals surface area (Å²) >= 11 is 5.31. The molecule has 2 N–H and O–H groups in total. The van der Waals surface area contributed by atoms with E-state index in [1.165, 1.54) is 11.0 Å². The molecule has 1 aliphatic heterocycles. The van der Waals surface area contributed by atoms with Crippen LogP contribution < -0.4 is 20.3 Å². The van der Waals surface area contributed by atoms with Crippen molar-refractivity contribution in [3.05, 3.63) is 94.1 Å². The van der Waals surface area contributed by atoms with Crippen LogP contribution in [0.1, 0.15) is 27.8 Å². The van der Waals surface area contributed by atoms with Gasteiger partial charge in [-0.25, -0.2) is 0 Å². The summed E-state index contributed by atoms with van der Waals surface area (Å²) in [4.78, 5) is 39.7. The zero-order chi connectivity index (χ0) is 26.7. The minimum atomic E-state index is -0.573. The van der Waals surface area contributed by atoms with Crippen LogP contribution in [0.3, 0.4) is 0 Å². The number of nitrogens with one attached hydrogen (secondary N) is 2. The van der Waals surface area contributed by atoms with Gasteiger partial charge in [0.25, 0.3) is 17.7 Å². The Kier molecular flexibility index (Phi) is 7.50. The molecule has 8 heteroatoms. The summed E-state index contributed by atoms with van der Waals surface area (Å²) in [6.07, 6.45) is 1.49. The van der Waals surface area contributed by atoms with Crippen LogP contribution in [0.2, 0.25) is 0 Å². The van der Waals surface area contributed by atoms with Crippen molar-refractivity contribution < 1.29 is 19.1 Å². The molecule has 0 spiro atoms. The summed E-state index contributed by atoms with van der Waals surface area (Å²) in [5.74, 6) is -0.959. The fourth-order valence-corrected chi connectivity index (χ4v) is 4.15. The van der Waals surface area contributed by atoms with Crippen LogP contribution in [0.5, 0.6) is 5.75 Å². The Balaban J connectivity index is 1.50. The van der Waals surface area contributed by atoms with Crippen LogP contribution >= 0.6 is 12.2 Å². The number of hydrogen-bond acceptors (Lipinski definition) is 5. The molecule has 0 atom stereocenters. The predicted octanol–water partition coefficient (Wildman–Crippen LogP) is 4.77. The SMILES string of the molecule is Cc1ccc(NC(=O)COc2cccc(/C=C3\C(=O)NC(=S)N(c4cccc(C)c4C)C3=O)c2)cc1C. The lowest BCUT2D eigenvalue weighted by Gasteiger charge is -2.30. The van der Waals surface area contributed by atoms with Gasteiger partial charge >= 0.3 is 0 Å². The molecule has 37 heavy (non-hydrogen) atoms. The molecule has 0 unspecified atom stereocenters.